The molecule has 0 amide bonds. The van der Waals surface area contributed by atoms with Gasteiger partial charge in [-0.05, 0) is 36.2 Å². The Balaban J connectivity index is 2.05. The van der Waals surface area contributed by atoms with E-state index in [1.54, 1.807) is 24.3 Å². The molecule has 0 spiro atoms. The highest BCUT2D eigenvalue weighted by Gasteiger charge is 2.10. The van der Waals surface area contributed by atoms with Crippen LogP contribution in [0.4, 0.5) is 0 Å². The van der Waals surface area contributed by atoms with Gasteiger partial charge in [0.15, 0.2) is 0 Å². The highest BCUT2D eigenvalue weighted by atomic mass is 16.4. The molecule has 0 saturated carbocycles. The molecule has 0 aromatic heterocycles. The van der Waals surface area contributed by atoms with Crippen LogP contribution in [0.15, 0.2) is 48.5 Å². The number of hydrogen-bond donors (Lipinski definition) is 2. The topological polar surface area (TPSA) is 73.1 Å². The van der Waals surface area contributed by atoms with Crippen molar-refractivity contribution in [3.63, 3.8) is 0 Å². The second-order valence-electron chi connectivity index (χ2n) is 4.80. The smallest absolute Gasteiger partial charge is 0.336 e. The Hall–Kier alpha value is -2.64. The van der Waals surface area contributed by atoms with E-state index in [4.69, 9.17) is 10.4 Å². The summed E-state index contributed by atoms with van der Waals surface area (Å²) >= 11 is 0. The highest BCUT2D eigenvalue weighted by Crippen LogP contribution is 2.15. The molecule has 0 aliphatic heterocycles. The largest absolute Gasteiger partial charge is 0.478 e. The molecule has 2 aromatic carbocycles. The lowest BCUT2D eigenvalue weighted by Crippen LogP contribution is -2.19. The Morgan fingerprint density at radius 3 is 2.52 bits per heavy atom. The van der Waals surface area contributed by atoms with Gasteiger partial charge in [-0.2, -0.15) is 5.26 Å². The molecular formula is C17H16N2O2. The summed E-state index contributed by atoms with van der Waals surface area (Å²) in [7, 11) is 0. The molecule has 0 aliphatic rings. The number of carboxylic acids is 1. The molecule has 0 aliphatic carbocycles. The Labute approximate surface area is 123 Å². The van der Waals surface area contributed by atoms with Crippen LogP contribution in [0.5, 0.6) is 0 Å². The van der Waals surface area contributed by atoms with Crippen molar-refractivity contribution in [1.82, 2.24) is 5.32 Å². The average Bonchev–Trinajstić information content (AvgIpc) is 2.52. The Morgan fingerprint density at radius 1 is 1.24 bits per heavy atom. The van der Waals surface area contributed by atoms with Crippen LogP contribution in [0.1, 0.15) is 40.0 Å². The van der Waals surface area contributed by atoms with Crippen LogP contribution in [-0.4, -0.2) is 11.1 Å². The van der Waals surface area contributed by atoms with Gasteiger partial charge < -0.3 is 10.4 Å². The van der Waals surface area contributed by atoms with E-state index < -0.39 is 5.97 Å². The summed E-state index contributed by atoms with van der Waals surface area (Å²) in [5, 5.41) is 21.2. The first-order valence-electron chi connectivity index (χ1n) is 6.66. The minimum absolute atomic E-state index is 0.0691. The third-order valence-corrected chi connectivity index (χ3v) is 3.39. The SMILES string of the molecule is CC(NCc1ccccc1C(=O)O)c1ccc(C#N)cc1. The predicted molar refractivity (Wildman–Crippen MR) is 79.8 cm³/mol. The van der Waals surface area contributed by atoms with Crippen molar-refractivity contribution in [3.05, 3.63) is 70.8 Å². The third-order valence-electron chi connectivity index (χ3n) is 3.39. The maximum atomic E-state index is 11.1. The molecular weight excluding hydrogens is 264 g/mol. The van der Waals surface area contributed by atoms with E-state index in [0.717, 1.165) is 11.1 Å². The molecule has 0 radical (unpaired) electrons. The minimum atomic E-state index is -0.918. The summed E-state index contributed by atoms with van der Waals surface area (Å²) in [6.07, 6.45) is 0. The van der Waals surface area contributed by atoms with Gasteiger partial charge in [0, 0.05) is 12.6 Å². The van der Waals surface area contributed by atoms with Crippen LogP contribution in [0.2, 0.25) is 0 Å². The molecule has 2 rings (SSSR count). The molecule has 0 bridgehead atoms. The van der Waals surface area contributed by atoms with Gasteiger partial charge in [0.25, 0.3) is 0 Å². The molecule has 0 fully saturated rings. The first kappa shape index (κ1) is 14.8. The summed E-state index contributed by atoms with van der Waals surface area (Å²) in [5.74, 6) is -0.918. The van der Waals surface area contributed by atoms with Crippen molar-refractivity contribution in [2.45, 2.75) is 19.5 Å². The van der Waals surface area contributed by atoms with Crippen LogP contribution < -0.4 is 5.32 Å². The fourth-order valence-corrected chi connectivity index (χ4v) is 2.11. The number of nitrogens with one attached hydrogen (secondary N) is 1. The number of aromatic carboxylic acids is 1. The van der Waals surface area contributed by atoms with Crippen LogP contribution in [0, 0.1) is 11.3 Å². The van der Waals surface area contributed by atoms with Crippen molar-refractivity contribution < 1.29 is 9.90 Å². The van der Waals surface area contributed by atoms with Crippen molar-refractivity contribution in [3.8, 4) is 6.07 Å². The van der Waals surface area contributed by atoms with E-state index >= 15 is 0 Å². The van der Waals surface area contributed by atoms with Gasteiger partial charge in [-0.15, -0.1) is 0 Å². The number of benzene rings is 2. The molecule has 0 saturated heterocycles. The lowest BCUT2D eigenvalue weighted by Gasteiger charge is -2.15. The fraction of sp³-hybridized carbons (Fsp3) is 0.176. The summed E-state index contributed by atoms with van der Waals surface area (Å²) < 4.78 is 0. The second-order valence-corrected chi connectivity index (χ2v) is 4.80. The van der Waals surface area contributed by atoms with Gasteiger partial charge in [0.05, 0.1) is 17.2 Å². The van der Waals surface area contributed by atoms with Gasteiger partial charge >= 0.3 is 5.97 Å². The van der Waals surface area contributed by atoms with Gasteiger partial charge in [0.1, 0.15) is 0 Å². The van der Waals surface area contributed by atoms with Crippen molar-refractivity contribution in [1.29, 1.82) is 5.26 Å². The van der Waals surface area contributed by atoms with Crippen LogP contribution in [0.25, 0.3) is 0 Å². The Morgan fingerprint density at radius 2 is 1.90 bits per heavy atom. The summed E-state index contributed by atoms with van der Waals surface area (Å²) in [5.41, 5.74) is 2.76. The lowest BCUT2D eigenvalue weighted by molar-refractivity contribution is 0.0695. The number of nitriles is 1. The van der Waals surface area contributed by atoms with Crippen LogP contribution >= 0.6 is 0 Å². The summed E-state index contributed by atoms with van der Waals surface area (Å²) in [6, 6.07) is 16.5. The van der Waals surface area contributed by atoms with E-state index in [1.807, 2.05) is 31.2 Å². The van der Waals surface area contributed by atoms with Crippen molar-refractivity contribution in [2.24, 2.45) is 0 Å². The van der Waals surface area contributed by atoms with Gasteiger partial charge in [-0.25, -0.2) is 4.79 Å². The summed E-state index contributed by atoms with van der Waals surface area (Å²) in [4.78, 5) is 11.1. The molecule has 106 valence electrons. The minimum Gasteiger partial charge on any atom is -0.478 e. The Bertz CT molecular complexity index is 672. The van der Waals surface area contributed by atoms with Gasteiger partial charge in [0.2, 0.25) is 0 Å². The third kappa shape index (κ3) is 3.68. The van der Waals surface area contributed by atoms with E-state index in [-0.39, 0.29) is 6.04 Å². The zero-order valence-corrected chi connectivity index (χ0v) is 11.7. The number of carbonyl (C=O) groups is 1. The van der Waals surface area contributed by atoms with E-state index in [1.165, 1.54) is 0 Å². The fourth-order valence-electron chi connectivity index (χ4n) is 2.11. The van der Waals surface area contributed by atoms with Gasteiger partial charge in [-0.1, -0.05) is 30.3 Å². The zero-order valence-electron chi connectivity index (χ0n) is 11.7. The zero-order chi connectivity index (χ0) is 15.2. The number of carboxylic acid groups (broad SMARTS) is 1. The highest BCUT2D eigenvalue weighted by molar-refractivity contribution is 5.89. The van der Waals surface area contributed by atoms with E-state index in [0.29, 0.717) is 17.7 Å². The van der Waals surface area contributed by atoms with E-state index in [9.17, 15) is 4.79 Å². The van der Waals surface area contributed by atoms with E-state index in [2.05, 4.69) is 11.4 Å². The standard InChI is InChI=1S/C17H16N2O2/c1-12(14-8-6-13(10-18)7-9-14)19-11-15-4-2-3-5-16(15)17(20)21/h2-9,12,19H,11H2,1H3,(H,20,21). The second kappa shape index (κ2) is 6.69. The molecule has 0 heterocycles. The van der Waals surface area contributed by atoms with Crippen molar-refractivity contribution >= 4 is 5.97 Å². The number of hydrogen-bond acceptors (Lipinski definition) is 3. The number of rotatable bonds is 5. The maximum absolute atomic E-state index is 11.1. The first-order valence-corrected chi connectivity index (χ1v) is 6.66. The molecule has 1 unspecified atom stereocenters. The lowest BCUT2D eigenvalue weighted by atomic mass is 10.0. The molecule has 4 nitrogen and oxygen atoms in total. The number of nitrogens with zero attached hydrogens (tertiary/aromatic N) is 1. The predicted octanol–water partition coefficient (Wildman–Crippen LogP) is 3.11. The monoisotopic (exact) mass is 280 g/mol. The molecule has 1 atom stereocenters. The molecule has 4 heteroatoms. The maximum Gasteiger partial charge on any atom is 0.336 e. The normalized spacial score (nSPS) is 11.6. The van der Waals surface area contributed by atoms with Gasteiger partial charge in [-0.3, -0.25) is 0 Å². The molecule has 2 N–H and O–H groups in total. The molecule has 2 aromatic rings. The summed E-state index contributed by atoms with van der Waals surface area (Å²) in [6.45, 7) is 2.48. The average molecular weight is 280 g/mol. The van der Waals surface area contributed by atoms with Crippen molar-refractivity contribution in [2.75, 3.05) is 0 Å². The quantitative estimate of drug-likeness (QED) is 0.882. The van der Waals surface area contributed by atoms with Crippen LogP contribution in [0.3, 0.4) is 0 Å². The first-order chi connectivity index (χ1) is 10.1. The molecule has 21 heavy (non-hydrogen) atoms. The Kier molecular flexibility index (Phi) is 4.70. The van der Waals surface area contributed by atoms with Crippen LogP contribution in [-0.2, 0) is 6.54 Å².